The molecule has 0 saturated heterocycles. The predicted octanol–water partition coefficient (Wildman–Crippen LogP) is 2.98. The summed E-state index contributed by atoms with van der Waals surface area (Å²) >= 11 is 0. The van der Waals surface area contributed by atoms with Gasteiger partial charge in [0.05, 0.1) is 5.60 Å². The number of ketones is 1. The van der Waals surface area contributed by atoms with E-state index in [1.54, 1.807) is 0 Å². The van der Waals surface area contributed by atoms with Crippen molar-refractivity contribution in [1.82, 2.24) is 0 Å². The number of halogens is 3. The zero-order valence-corrected chi connectivity index (χ0v) is 17.6. The SMILES string of the molecule is CO[C@](C(=O)O[C@H]1C[C@@](C)(O)C(=O)C=C1/C=C/C(C)(C)O)(c1ccccc1)C(F)(F)F. The van der Waals surface area contributed by atoms with Gasteiger partial charge >= 0.3 is 12.1 Å². The Morgan fingerprint density at radius 3 is 2.29 bits per heavy atom. The first-order valence-corrected chi connectivity index (χ1v) is 9.42. The molecule has 1 aliphatic carbocycles. The lowest BCUT2D eigenvalue weighted by molar-refractivity contribution is -0.278. The second-order valence-electron chi connectivity index (χ2n) is 8.12. The first-order valence-electron chi connectivity index (χ1n) is 9.42. The van der Waals surface area contributed by atoms with Gasteiger partial charge in [-0.2, -0.15) is 13.2 Å². The first kappa shape index (κ1) is 24.8. The van der Waals surface area contributed by atoms with Crippen LogP contribution in [0.3, 0.4) is 0 Å². The Balaban J connectivity index is 2.50. The second-order valence-corrected chi connectivity index (χ2v) is 8.12. The van der Waals surface area contributed by atoms with Gasteiger partial charge in [0.15, 0.2) is 5.78 Å². The fourth-order valence-electron chi connectivity index (χ4n) is 3.14. The minimum absolute atomic E-state index is 0.0345. The van der Waals surface area contributed by atoms with Crippen LogP contribution in [0, 0.1) is 0 Å². The van der Waals surface area contributed by atoms with Crippen molar-refractivity contribution in [3.63, 3.8) is 0 Å². The maximum atomic E-state index is 14.1. The van der Waals surface area contributed by atoms with Crippen molar-refractivity contribution in [2.75, 3.05) is 7.11 Å². The number of carbonyl (C=O) groups is 2. The van der Waals surface area contributed by atoms with Gasteiger partial charge in [-0.05, 0) is 32.4 Å². The van der Waals surface area contributed by atoms with Crippen LogP contribution in [0.1, 0.15) is 32.8 Å². The van der Waals surface area contributed by atoms with Gasteiger partial charge in [-0.1, -0.05) is 42.5 Å². The summed E-state index contributed by atoms with van der Waals surface area (Å²) in [6, 6.07) is 6.30. The fourth-order valence-corrected chi connectivity index (χ4v) is 3.14. The van der Waals surface area contributed by atoms with E-state index in [0.29, 0.717) is 0 Å². The monoisotopic (exact) mass is 442 g/mol. The molecule has 9 heteroatoms. The normalized spacial score (nSPS) is 24.6. The summed E-state index contributed by atoms with van der Waals surface area (Å²) in [4.78, 5) is 25.1. The third-order valence-corrected chi connectivity index (χ3v) is 4.89. The van der Waals surface area contributed by atoms with Gasteiger partial charge in [0, 0.05) is 19.1 Å². The largest absolute Gasteiger partial charge is 0.455 e. The molecule has 0 radical (unpaired) electrons. The van der Waals surface area contributed by atoms with Gasteiger partial charge in [0.2, 0.25) is 0 Å². The molecule has 0 spiro atoms. The Morgan fingerprint density at radius 2 is 1.81 bits per heavy atom. The second kappa shape index (κ2) is 8.57. The molecular formula is C22H25F3O6. The van der Waals surface area contributed by atoms with E-state index in [1.807, 2.05) is 0 Å². The molecule has 6 nitrogen and oxygen atoms in total. The Hall–Kier alpha value is -2.49. The fraction of sp³-hybridized carbons (Fsp3) is 0.455. The van der Waals surface area contributed by atoms with E-state index in [2.05, 4.69) is 0 Å². The van der Waals surface area contributed by atoms with Crippen molar-refractivity contribution < 1.29 is 42.4 Å². The third-order valence-electron chi connectivity index (χ3n) is 4.89. The Morgan fingerprint density at radius 1 is 1.23 bits per heavy atom. The minimum atomic E-state index is -5.17. The van der Waals surface area contributed by atoms with E-state index in [4.69, 9.17) is 9.47 Å². The number of hydrogen-bond acceptors (Lipinski definition) is 6. The number of carbonyl (C=O) groups excluding carboxylic acids is 2. The molecule has 3 atom stereocenters. The van der Waals surface area contributed by atoms with Gasteiger partial charge in [-0.15, -0.1) is 0 Å². The van der Waals surface area contributed by atoms with Gasteiger partial charge in [0.25, 0.3) is 5.60 Å². The lowest BCUT2D eigenvalue weighted by atomic mass is 9.83. The molecule has 0 amide bonds. The summed E-state index contributed by atoms with van der Waals surface area (Å²) in [6.07, 6.45) is -3.48. The van der Waals surface area contributed by atoms with E-state index >= 15 is 0 Å². The molecule has 170 valence electrons. The average Bonchev–Trinajstić information content (AvgIpc) is 2.63. The molecule has 1 aliphatic rings. The molecule has 2 N–H and O–H groups in total. The van der Waals surface area contributed by atoms with Crippen LogP contribution in [0.2, 0.25) is 0 Å². The number of rotatable bonds is 6. The van der Waals surface area contributed by atoms with Crippen LogP contribution in [0.15, 0.2) is 54.1 Å². The van der Waals surface area contributed by atoms with Crippen LogP contribution < -0.4 is 0 Å². The molecule has 0 aromatic heterocycles. The molecule has 2 rings (SSSR count). The molecule has 0 fully saturated rings. The Bertz CT molecular complexity index is 881. The van der Waals surface area contributed by atoms with Crippen LogP contribution >= 0.6 is 0 Å². The smallest absolute Gasteiger partial charge is 0.432 e. The molecule has 1 aromatic rings. The van der Waals surface area contributed by atoms with E-state index < -0.39 is 52.8 Å². The topological polar surface area (TPSA) is 93.1 Å². The standard InChI is InChI=1S/C22H25F3O6/c1-19(2,28)11-10-14-12-17(26)20(3,29)13-16(14)31-18(27)21(30-4,22(23,24)25)15-8-6-5-7-9-15/h5-12,16,28-29H,13H2,1-4H3/b11-10+/t16-,20+,21-/m0/s1. The van der Waals surface area contributed by atoms with Crippen molar-refractivity contribution in [1.29, 1.82) is 0 Å². The van der Waals surface area contributed by atoms with Crippen LogP contribution in [-0.2, 0) is 24.7 Å². The van der Waals surface area contributed by atoms with Crippen LogP contribution in [0.4, 0.5) is 13.2 Å². The Kier molecular flexibility index (Phi) is 6.85. The quantitative estimate of drug-likeness (QED) is 0.658. The number of alkyl halides is 3. The zero-order chi connectivity index (χ0) is 23.7. The van der Waals surface area contributed by atoms with Crippen LogP contribution in [0.25, 0.3) is 0 Å². The summed E-state index contributed by atoms with van der Waals surface area (Å²) < 4.78 is 52.2. The summed E-state index contributed by atoms with van der Waals surface area (Å²) in [5, 5.41) is 20.2. The van der Waals surface area contributed by atoms with E-state index in [1.165, 1.54) is 51.1 Å². The first-order chi connectivity index (χ1) is 14.1. The number of ether oxygens (including phenoxy) is 2. The molecule has 0 saturated carbocycles. The molecule has 0 unspecified atom stereocenters. The third kappa shape index (κ3) is 5.23. The maximum Gasteiger partial charge on any atom is 0.432 e. The molecule has 0 bridgehead atoms. The Labute approximate surface area is 178 Å². The average molecular weight is 442 g/mol. The molecule has 0 heterocycles. The van der Waals surface area contributed by atoms with Crippen molar-refractivity contribution in [3.8, 4) is 0 Å². The van der Waals surface area contributed by atoms with Gasteiger partial charge in [0.1, 0.15) is 11.7 Å². The highest BCUT2D eigenvalue weighted by Crippen LogP contribution is 2.44. The predicted molar refractivity (Wildman–Crippen MR) is 105 cm³/mol. The van der Waals surface area contributed by atoms with E-state index in [9.17, 15) is 33.0 Å². The summed E-state index contributed by atoms with van der Waals surface area (Å²) in [5.41, 5.74) is -7.10. The maximum absolute atomic E-state index is 14.1. The van der Waals surface area contributed by atoms with Gasteiger partial charge < -0.3 is 19.7 Å². The highest BCUT2D eigenvalue weighted by Gasteiger charge is 2.64. The molecule has 0 aliphatic heterocycles. The highest BCUT2D eigenvalue weighted by molar-refractivity contribution is 5.99. The number of benzene rings is 1. The van der Waals surface area contributed by atoms with Gasteiger partial charge in [-0.3, -0.25) is 4.79 Å². The number of hydrogen-bond donors (Lipinski definition) is 2. The van der Waals surface area contributed by atoms with E-state index in [0.717, 1.165) is 25.3 Å². The molecular weight excluding hydrogens is 417 g/mol. The van der Waals surface area contributed by atoms with Gasteiger partial charge in [-0.25, -0.2) is 4.79 Å². The number of esters is 1. The zero-order valence-electron chi connectivity index (χ0n) is 17.6. The molecule has 31 heavy (non-hydrogen) atoms. The van der Waals surface area contributed by atoms with Crippen molar-refractivity contribution in [2.45, 2.75) is 56.3 Å². The number of methoxy groups -OCH3 is 1. The summed E-state index contributed by atoms with van der Waals surface area (Å²) in [6.45, 7) is 4.06. The lowest BCUT2D eigenvalue weighted by Gasteiger charge is -2.36. The van der Waals surface area contributed by atoms with Crippen molar-refractivity contribution in [2.24, 2.45) is 0 Å². The minimum Gasteiger partial charge on any atom is -0.455 e. The van der Waals surface area contributed by atoms with Crippen LogP contribution in [-0.4, -0.2) is 52.6 Å². The van der Waals surface area contributed by atoms with E-state index in [-0.39, 0.29) is 5.57 Å². The summed E-state index contributed by atoms with van der Waals surface area (Å²) in [7, 11) is 0.743. The van der Waals surface area contributed by atoms with Crippen molar-refractivity contribution in [3.05, 3.63) is 59.7 Å². The number of aliphatic hydroxyl groups is 2. The highest BCUT2D eigenvalue weighted by atomic mass is 19.4. The lowest BCUT2D eigenvalue weighted by Crippen LogP contribution is -2.53. The van der Waals surface area contributed by atoms with Crippen LogP contribution in [0.5, 0.6) is 0 Å². The molecule has 1 aromatic carbocycles. The van der Waals surface area contributed by atoms with Crippen molar-refractivity contribution >= 4 is 11.8 Å². The summed E-state index contributed by atoms with van der Waals surface area (Å²) in [5.74, 6) is -2.45.